The first-order valence-corrected chi connectivity index (χ1v) is 3.16. The Morgan fingerprint density at radius 2 is 2.00 bits per heavy atom. The molecule has 0 amide bonds. The molecular formula is C9H7NO. The lowest BCUT2D eigenvalue weighted by Gasteiger charge is -1.83. The van der Waals surface area contributed by atoms with Crippen LogP contribution in [0.2, 0.25) is 0 Å². The highest BCUT2D eigenvalue weighted by atomic mass is 16.4. The molecule has 0 aromatic heterocycles. The van der Waals surface area contributed by atoms with Crippen molar-refractivity contribution in [3.8, 4) is 11.8 Å². The summed E-state index contributed by atoms with van der Waals surface area (Å²) in [5.74, 6) is 5.35. The first kappa shape index (κ1) is 7.36. The zero-order valence-corrected chi connectivity index (χ0v) is 5.86. The third-order valence-corrected chi connectivity index (χ3v) is 1.11. The average Bonchev–Trinajstić information content (AvgIpc) is 2.07. The number of hydrogen-bond acceptors (Lipinski definition) is 2. The first-order chi connectivity index (χ1) is 5.43. The Hall–Kier alpha value is -1.75. The quantitative estimate of drug-likeness (QED) is 0.255. The van der Waals surface area contributed by atoms with E-state index < -0.39 is 0 Å². The van der Waals surface area contributed by atoms with Crippen LogP contribution in [-0.2, 0) is 0 Å². The van der Waals surface area contributed by atoms with E-state index >= 15 is 0 Å². The van der Waals surface area contributed by atoms with Crippen molar-refractivity contribution in [1.82, 2.24) is 0 Å². The minimum Gasteiger partial charge on any atom is -0.410 e. The number of nitrogens with zero attached hydrogens (tertiary/aromatic N) is 1. The summed E-state index contributed by atoms with van der Waals surface area (Å²) in [4.78, 5) is 0. The molecule has 1 aromatic rings. The van der Waals surface area contributed by atoms with Crippen LogP contribution in [0.1, 0.15) is 5.56 Å². The van der Waals surface area contributed by atoms with Crippen molar-refractivity contribution >= 4 is 6.21 Å². The normalized spacial score (nSPS) is 9.09. The van der Waals surface area contributed by atoms with E-state index in [4.69, 9.17) is 5.21 Å². The SMILES string of the molecule is O/N=C/C#Cc1ccccc1. The molecule has 0 spiro atoms. The highest BCUT2D eigenvalue weighted by molar-refractivity contribution is 5.78. The van der Waals surface area contributed by atoms with Gasteiger partial charge >= 0.3 is 0 Å². The smallest absolute Gasteiger partial charge is 0.116 e. The van der Waals surface area contributed by atoms with Gasteiger partial charge in [-0.25, -0.2) is 0 Å². The van der Waals surface area contributed by atoms with E-state index in [9.17, 15) is 0 Å². The molecule has 0 heterocycles. The molecule has 0 radical (unpaired) electrons. The monoisotopic (exact) mass is 145 g/mol. The highest BCUT2D eigenvalue weighted by Crippen LogP contribution is 1.93. The van der Waals surface area contributed by atoms with E-state index in [1.54, 1.807) is 0 Å². The Morgan fingerprint density at radius 3 is 2.64 bits per heavy atom. The summed E-state index contributed by atoms with van der Waals surface area (Å²) < 4.78 is 0. The van der Waals surface area contributed by atoms with Gasteiger partial charge in [0.25, 0.3) is 0 Å². The van der Waals surface area contributed by atoms with Crippen molar-refractivity contribution in [2.45, 2.75) is 0 Å². The lowest BCUT2D eigenvalue weighted by Crippen LogP contribution is -1.71. The molecular weight excluding hydrogens is 138 g/mol. The van der Waals surface area contributed by atoms with Gasteiger partial charge in [0.15, 0.2) is 0 Å². The van der Waals surface area contributed by atoms with E-state index in [1.807, 2.05) is 30.3 Å². The Kier molecular flexibility index (Phi) is 2.76. The van der Waals surface area contributed by atoms with E-state index in [-0.39, 0.29) is 0 Å². The van der Waals surface area contributed by atoms with Crippen molar-refractivity contribution in [2.75, 3.05) is 0 Å². The molecule has 0 fully saturated rings. The number of benzene rings is 1. The lowest BCUT2D eigenvalue weighted by atomic mass is 10.2. The molecule has 2 heteroatoms. The van der Waals surface area contributed by atoms with Gasteiger partial charge in [0.1, 0.15) is 6.21 Å². The fourth-order valence-electron chi connectivity index (χ4n) is 0.666. The Labute approximate surface area is 65.2 Å². The molecule has 1 rings (SSSR count). The van der Waals surface area contributed by atoms with Gasteiger partial charge in [0, 0.05) is 5.56 Å². The molecule has 54 valence electrons. The maximum absolute atomic E-state index is 8.01. The largest absolute Gasteiger partial charge is 0.410 e. The predicted molar refractivity (Wildman–Crippen MR) is 43.6 cm³/mol. The van der Waals surface area contributed by atoms with Crippen molar-refractivity contribution < 1.29 is 5.21 Å². The molecule has 1 N–H and O–H groups in total. The zero-order valence-electron chi connectivity index (χ0n) is 5.86. The zero-order chi connectivity index (χ0) is 7.94. The van der Waals surface area contributed by atoms with Gasteiger partial charge in [-0.1, -0.05) is 29.3 Å². The molecule has 0 aliphatic rings. The maximum atomic E-state index is 8.01. The molecule has 0 bridgehead atoms. The number of rotatable bonds is 0. The molecule has 0 saturated carbocycles. The van der Waals surface area contributed by atoms with Crippen molar-refractivity contribution in [3.63, 3.8) is 0 Å². The minimum absolute atomic E-state index is 0.910. The van der Waals surface area contributed by atoms with Gasteiger partial charge in [-0.3, -0.25) is 0 Å². The maximum Gasteiger partial charge on any atom is 0.116 e. The van der Waals surface area contributed by atoms with Crippen LogP contribution in [0.3, 0.4) is 0 Å². The van der Waals surface area contributed by atoms with Crippen LogP contribution < -0.4 is 0 Å². The third kappa shape index (κ3) is 2.55. The Morgan fingerprint density at radius 1 is 1.27 bits per heavy atom. The molecule has 11 heavy (non-hydrogen) atoms. The van der Waals surface area contributed by atoms with Crippen LogP contribution in [0.15, 0.2) is 35.5 Å². The Bertz CT molecular complexity index is 292. The van der Waals surface area contributed by atoms with E-state index in [0.29, 0.717) is 0 Å². The molecule has 0 aliphatic heterocycles. The summed E-state index contributed by atoms with van der Waals surface area (Å²) in [5, 5.41) is 10.8. The second-order valence-electron chi connectivity index (χ2n) is 1.88. The number of hydrogen-bond donors (Lipinski definition) is 1. The van der Waals surface area contributed by atoms with Crippen molar-refractivity contribution in [1.29, 1.82) is 0 Å². The van der Waals surface area contributed by atoms with Crippen LogP contribution in [-0.4, -0.2) is 11.4 Å². The summed E-state index contributed by atoms with van der Waals surface area (Å²) in [6, 6.07) is 9.50. The third-order valence-electron chi connectivity index (χ3n) is 1.11. The fraction of sp³-hybridized carbons (Fsp3) is 0. The van der Waals surface area contributed by atoms with Crippen LogP contribution >= 0.6 is 0 Å². The van der Waals surface area contributed by atoms with Gasteiger partial charge in [-0.2, -0.15) is 0 Å². The summed E-state index contributed by atoms with van der Waals surface area (Å²) in [7, 11) is 0. The molecule has 0 unspecified atom stereocenters. The van der Waals surface area contributed by atoms with E-state index in [1.165, 1.54) is 0 Å². The number of oxime groups is 1. The summed E-state index contributed by atoms with van der Waals surface area (Å²) in [6.07, 6.45) is 1.15. The van der Waals surface area contributed by atoms with Gasteiger partial charge in [-0.15, -0.1) is 0 Å². The molecule has 1 aromatic carbocycles. The van der Waals surface area contributed by atoms with Gasteiger partial charge in [0.2, 0.25) is 0 Å². The van der Waals surface area contributed by atoms with Crippen LogP contribution in [0.4, 0.5) is 0 Å². The fourth-order valence-corrected chi connectivity index (χ4v) is 0.666. The molecule has 0 atom stereocenters. The van der Waals surface area contributed by atoms with Gasteiger partial charge < -0.3 is 5.21 Å². The van der Waals surface area contributed by atoms with Crippen molar-refractivity contribution in [2.24, 2.45) is 5.16 Å². The predicted octanol–water partition coefficient (Wildman–Crippen LogP) is 1.50. The van der Waals surface area contributed by atoms with Crippen LogP contribution in [0.5, 0.6) is 0 Å². The topological polar surface area (TPSA) is 32.6 Å². The van der Waals surface area contributed by atoms with Gasteiger partial charge in [-0.05, 0) is 18.1 Å². The van der Waals surface area contributed by atoms with Crippen molar-refractivity contribution in [3.05, 3.63) is 35.9 Å². The second-order valence-corrected chi connectivity index (χ2v) is 1.88. The van der Waals surface area contributed by atoms with E-state index in [2.05, 4.69) is 17.0 Å². The Balaban J connectivity index is 2.74. The second kappa shape index (κ2) is 4.13. The summed E-state index contributed by atoms with van der Waals surface area (Å²) in [6.45, 7) is 0. The van der Waals surface area contributed by atoms with Crippen LogP contribution in [0.25, 0.3) is 0 Å². The summed E-state index contributed by atoms with van der Waals surface area (Å²) in [5.41, 5.74) is 0.910. The van der Waals surface area contributed by atoms with Crippen LogP contribution in [0, 0.1) is 11.8 Å². The highest BCUT2D eigenvalue weighted by Gasteiger charge is 1.78. The minimum atomic E-state index is 0.910. The average molecular weight is 145 g/mol. The molecule has 0 saturated heterocycles. The summed E-state index contributed by atoms with van der Waals surface area (Å²) >= 11 is 0. The standard InChI is InChI=1S/C9H7NO/c11-10-8-4-7-9-5-2-1-3-6-9/h1-3,5-6,8,11H/b10-8+. The van der Waals surface area contributed by atoms with Gasteiger partial charge in [0.05, 0.1) is 0 Å². The lowest BCUT2D eigenvalue weighted by molar-refractivity contribution is 0.322. The molecule has 2 nitrogen and oxygen atoms in total. The first-order valence-electron chi connectivity index (χ1n) is 3.16. The van der Waals surface area contributed by atoms with E-state index in [0.717, 1.165) is 11.8 Å². The molecule has 0 aliphatic carbocycles.